The van der Waals surface area contributed by atoms with Gasteiger partial charge in [-0.3, -0.25) is 0 Å². The summed E-state index contributed by atoms with van der Waals surface area (Å²) >= 11 is 0. The molecule has 1 saturated heterocycles. The minimum Gasteiger partial charge on any atom is -0.479 e. The molecule has 0 aliphatic carbocycles. The molecule has 1 aliphatic rings. The molecule has 2 atom stereocenters. The molecule has 2 unspecified atom stereocenters. The zero-order chi connectivity index (χ0) is 12.0. The minimum atomic E-state index is -1.01. The third-order valence-corrected chi connectivity index (χ3v) is 2.21. The number of carboxylic acids is 1. The summed E-state index contributed by atoms with van der Waals surface area (Å²) in [5, 5.41) is 11.3. The van der Waals surface area contributed by atoms with E-state index in [-0.39, 0.29) is 19.1 Å². The van der Waals surface area contributed by atoms with Crippen LogP contribution < -0.4 is 5.32 Å². The molecule has 2 N–H and O–H groups in total. The Morgan fingerprint density at radius 3 is 3.00 bits per heavy atom. The number of carbonyl (C=O) groups is 2. The number of hydrogen-bond acceptors (Lipinski definition) is 4. The molecule has 90 valence electrons. The molecule has 1 heterocycles. The molecule has 16 heavy (non-hydrogen) atoms. The number of alkyl carbamates (subject to hydrolysis) is 1. The topological polar surface area (TPSA) is 84.9 Å². The third-order valence-electron chi connectivity index (χ3n) is 2.21. The second-order valence-corrected chi connectivity index (χ2v) is 3.45. The van der Waals surface area contributed by atoms with Crippen LogP contribution >= 0.6 is 0 Å². The Labute approximate surface area is 93.2 Å². The first kappa shape index (κ1) is 12.5. The zero-order valence-electron chi connectivity index (χ0n) is 8.85. The van der Waals surface area contributed by atoms with Gasteiger partial charge in [-0.25, -0.2) is 9.59 Å². The molecule has 0 radical (unpaired) electrons. The highest BCUT2D eigenvalue weighted by atomic mass is 16.5. The van der Waals surface area contributed by atoms with Crippen LogP contribution in [0.3, 0.4) is 0 Å². The van der Waals surface area contributed by atoms with Crippen LogP contribution in [-0.4, -0.2) is 42.5 Å². The Kier molecular flexibility index (Phi) is 4.78. The predicted octanol–water partition coefficient (Wildman–Crippen LogP) is 0.531. The summed E-state index contributed by atoms with van der Waals surface area (Å²) in [6, 6.07) is -0.216. The number of hydrogen-bond donors (Lipinski definition) is 2. The van der Waals surface area contributed by atoms with Crippen LogP contribution in [-0.2, 0) is 14.3 Å². The molecule has 0 aromatic rings. The largest absolute Gasteiger partial charge is 0.479 e. The van der Waals surface area contributed by atoms with E-state index in [9.17, 15) is 9.59 Å². The van der Waals surface area contributed by atoms with Gasteiger partial charge in [0.25, 0.3) is 0 Å². The van der Waals surface area contributed by atoms with Crippen LogP contribution in [0.15, 0.2) is 12.7 Å². The van der Waals surface area contributed by atoms with Gasteiger partial charge in [0, 0.05) is 19.1 Å². The van der Waals surface area contributed by atoms with Gasteiger partial charge >= 0.3 is 12.1 Å². The highest BCUT2D eigenvalue weighted by Crippen LogP contribution is 2.14. The summed E-state index contributed by atoms with van der Waals surface area (Å²) in [5.74, 6) is -1.01. The Balaban J connectivity index is 2.33. The number of nitrogens with one attached hydrogen (secondary N) is 1. The van der Waals surface area contributed by atoms with Gasteiger partial charge in [-0.15, -0.1) is 0 Å². The quantitative estimate of drug-likeness (QED) is 0.687. The van der Waals surface area contributed by atoms with E-state index in [1.807, 2.05) is 0 Å². The number of amides is 1. The maximum Gasteiger partial charge on any atom is 0.407 e. The second-order valence-electron chi connectivity index (χ2n) is 3.45. The Morgan fingerprint density at radius 1 is 1.62 bits per heavy atom. The van der Waals surface area contributed by atoms with Gasteiger partial charge in [-0.1, -0.05) is 12.7 Å². The van der Waals surface area contributed by atoms with Gasteiger partial charge in [0.1, 0.15) is 6.61 Å². The van der Waals surface area contributed by atoms with Crippen LogP contribution in [0.4, 0.5) is 4.79 Å². The molecule has 0 aromatic carbocycles. The first-order valence-electron chi connectivity index (χ1n) is 5.02. The first-order valence-corrected chi connectivity index (χ1v) is 5.02. The van der Waals surface area contributed by atoms with E-state index in [4.69, 9.17) is 14.6 Å². The van der Waals surface area contributed by atoms with E-state index in [0.29, 0.717) is 13.0 Å². The van der Waals surface area contributed by atoms with Gasteiger partial charge in [0.05, 0.1) is 0 Å². The SMILES string of the molecule is C=CCOC(=O)NC1CCOC(C(=O)O)C1. The molecule has 1 amide bonds. The summed E-state index contributed by atoms with van der Waals surface area (Å²) in [6.45, 7) is 3.87. The van der Waals surface area contributed by atoms with E-state index in [2.05, 4.69) is 11.9 Å². The van der Waals surface area contributed by atoms with Crippen molar-refractivity contribution in [1.82, 2.24) is 5.32 Å². The van der Waals surface area contributed by atoms with Crippen LogP contribution in [0.25, 0.3) is 0 Å². The highest BCUT2D eigenvalue weighted by molar-refractivity contribution is 5.73. The van der Waals surface area contributed by atoms with Crippen molar-refractivity contribution in [3.63, 3.8) is 0 Å². The van der Waals surface area contributed by atoms with E-state index < -0.39 is 18.2 Å². The second kappa shape index (κ2) is 6.12. The van der Waals surface area contributed by atoms with E-state index in [1.165, 1.54) is 6.08 Å². The van der Waals surface area contributed by atoms with Crippen molar-refractivity contribution >= 4 is 12.1 Å². The minimum absolute atomic E-state index is 0.136. The monoisotopic (exact) mass is 229 g/mol. The smallest absolute Gasteiger partial charge is 0.407 e. The lowest BCUT2D eigenvalue weighted by atomic mass is 10.0. The van der Waals surface area contributed by atoms with Gasteiger partial charge in [0.2, 0.25) is 0 Å². The standard InChI is InChI=1S/C10H15NO5/c1-2-4-16-10(14)11-7-3-5-15-8(6-7)9(12)13/h2,7-8H,1,3-6H2,(H,11,14)(H,12,13). The molecule has 0 spiro atoms. The van der Waals surface area contributed by atoms with Crippen LogP contribution in [0.5, 0.6) is 0 Å². The maximum atomic E-state index is 11.2. The summed E-state index contributed by atoms with van der Waals surface area (Å²) in [5.41, 5.74) is 0. The van der Waals surface area contributed by atoms with Crippen molar-refractivity contribution in [1.29, 1.82) is 0 Å². The predicted molar refractivity (Wildman–Crippen MR) is 55.1 cm³/mol. The molecular weight excluding hydrogens is 214 g/mol. The maximum absolute atomic E-state index is 11.2. The van der Waals surface area contributed by atoms with Gasteiger partial charge in [0.15, 0.2) is 6.10 Å². The van der Waals surface area contributed by atoms with Crippen molar-refractivity contribution in [2.24, 2.45) is 0 Å². The van der Waals surface area contributed by atoms with Gasteiger partial charge in [-0.2, -0.15) is 0 Å². The van der Waals surface area contributed by atoms with Crippen LogP contribution in [0.1, 0.15) is 12.8 Å². The molecule has 6 nitrogen and oxygen atoms in total. The Morgan fingerprint density at radius 2 is 2.38 bits per heavy atom. The van der Waals surface area contributed by atoms with Crippen molar-refractivity contribution in [2.45, 2.75) is 25.0 Å². The Hall–Kier alpha value is -1.56. The molecule has 0 bridgehead atoms. The van der Waals surface area contributed by atoms with Crippen molar-refractivity contribution in [3.8, 4) is 0 Å². The summed E-state index contributed by atoms with van der Waals surface area (Å²) in [6.07, 6.45) is 0.907. The fourth-order valence-electron chi connectivity index (χ4n) is 1.44. The third kappa shape index (κ3) is 3.90. The molecule has 1 aliphatic heterocycles. The van der Waals surface area contributed by atoms with Gasteiger partial charge < -0.3 is 19.9 Å². The molecule has 1 fully saturated rings. The average molecular weight is 229 g/mol. The van der Waals surface area contributed by atoms with E-state index in [1.54, 1.807) is 0 Å². The number of carboxylic acid groups (broad SMARTS) is 1. The average Bonchev–Trinajstić information content (AvgIpc) is 2.26. The van der Waals surface area contributed by atoms with E-state index in [0.717, 1.165) is 0 Å². The fourth-order valence-corrected chi connectivity index (χ4v) is 1.44. The lowest BCUT2D eigenvalue weighted by Crippen LogP contribution is -2.44. The van der Waals surface area contributed by atoms with Crippen molar-refractivity contribution < 1.29 is 24.2 Å². The van der Waals surface area contributed by atoms with Crippen molar-refractivity contribution in [2.75, 3.05) is 13.2 Å². The lowest BCUT2D eigenvalue weighted by molar-refractivity contribution is -0.153. The van der Waals surface area contributed by atoms with Crippen LogP contribution in [0, 0.1) is 0 Å². The summed E-state index contributed by atoms with van der Waals surface area (Å²) < 4.78 is 9.76. The molecule has 0 saturated carbocycles. The van der Waals surface area contributed by atoms with Gasteiger partial charge in [-0.05, 0) is 6.42 Å². The Bertz CT molecular complexity index is 278. The van der Waals surface area contributed by atoms with E-state index >= 15 is 0 Å². The first-order chi connectivity index (χ1) is 7.63. The van der Waals surface area contributed by atoms with Crippen molar-refractivity contribution in [3.05, 3.63) is 12.7 Å². The summed E-state index contributed by atoms with van der Waals surface area (Å²) in [4.78, 5) is 21.9. The molecular formula is C10H15NO5. The zero-order valence-corrected chi connectivity index (χ0v) is 8.85. The van der Waals surface area contributed by atoms with Crippen LogP contribution in [0.2, 0.25) is 0 Å². The fraction of sp³-hybridized carbons (Fsp3) is 0.600. The number of aliphatic carboxylic acids is 1. The lowest BCUT2D eigenvalue weighted by Gasteiger charge is -2.27. The highest BCUT2D eigenvalue weighted by Gasteiger charge is 2.28. The summed E-state index contributed by atoms with van der Waals surface area (Å²) in [7, 11) is 0. The molecule has 0 aromatic heterocycles. The number of ether oxygens (including phenoxy) is 2. The molecule has 1 rings (SSSR count). The normalized spacial score (nSPS) is 24.5. The molecule has 6 heteroatoms. The number of carbonyl (C=O) groups excluding carboxylic acids is 1. The number of rotatable bonds is 4.